The summed E-state index contributed by atoms with van der Waals surface area (Å²) in [6.07, 6.45) is -0.765. The number of carboxylic acid groups (broad SMARTS) is 1. The van der Waals surface area contributed by atoms with Gasteiger partial charge in [0.1, 0.15) is 11.5 Å². The second kappa shape index (κ2) is 7.18. The zero-order valence-corrected chi connectivity index (χ0v) is 13.1. The van der Waals surface area contributed by atoms with Gasteiger partial charge in [-0.1, -0.05) is 35.9 Å². The van der Waals surface area contributed by atoms with Crippen LogP contribution in [0.4, 0.5) is 0 Å². The Morgan fingerprint density at radius 2 is 1.95 bits per heavy atom. The van der Waals surface area contributed by atoms with E-state index >= 15 is 0 Å². The molecule has 0 radical (unpaired) electrons. The molecule has 0 aliphatic heterocycles. The van der Waals surface area contributed by atoms with Crippen molar-refractivity contribution in [2.45, 2.75) is 19.4 Å². The van der Waals surface area contributed by atoms with Crippen molar-refractivity contribution < 1.29 is 19.4 Å². The smallest absolute Gasteiger partial charge is 0.345 e. The molecule has 0 aliphatic rings. The summed E-state index contributed by atoms with van der Waals surface area (Å²) in [5.74, 6) is 0.0989. The number of hydrogen-bond acceptors (Lipinski definition) is 3. The van der Waals surface area contributed by atoms with Gasteiger partial charge in [-0.2, -0.15) is 0 Å². The van der Waals surface area contributed by atoms with Gasteiger partial charge in [0.15, 0.2) is 6.10 Å². The lowest BCUT2D eigenvalue weighted by atomic mass is 10.1. The minimum absolute atomic E-state index is 0.216. The van der Waals surface area contributed by atoms with E-state index in [0.29, 0.717) is 16.5 Å². The van der Waals surface area contributed by atoms with E-state index < -0.39 is 12.1 Å². The van der Waals surface area contributed by atoms with Crippen LogP contribution in [0, 0.1) is 6.92 Å². The summed E-state index contributed by atoms with van der Waals surface area (Å²) < 4.78 is 10.7. The van der Waals surface area contributed by atoms with E-state index in [4.69, 9.17) is 21.1 Å². The summed E-state index contributed by atoms with van der Waals surface area (Å²) in [5.41, 5.74) is 1.66. The maximum Gasteiger partial charge on any atom is 0.345 e. The summed E-state index contributed by atoms with van der Waals surface area (Å²) in [4.78, 5) is 11.4. The Balaban J connectivity index is 2.17. The molecule has 2 aromatic carbocycles. The van der Waals surface area contributed by atoms with Crippen molar-refractivity contribution in [2.75, 3.05) is 7.11 Å². The fourth-order valence-corrected chi connectivity index (χ4v) is 2.35. The molecular formula is C17H17ClO4. The number of para-hydroxylation sites is 1. The van der Waals surface area contributed by atoms with Crippen LogP contribution in [-0.2, 0) is 11.2 Å². The number of rotatable bonds is 6. The van der Waals surface area contributed by atoms with Crippen LogP contribution in [0.1, 0.15) is 11.1 Å². The Morgan fingerprint density at radius 3 is 2.55 bits per heavy atom. The Labute approximate surface area is 134 Å². The monoisotopic (exact) mass is 320 g/mol. The number of benzene rings is 2. The van der Waals surface area contributed by atoms with Gasteiger partial charge >= 0.3 is 5.97 Å². The van der Waals surface area contributed by atoms with E-state index in [0.717, 1.165) is 11.1 Å². The molecule has 0 saturated heterocycles. The van der Waals surface area contributed by atoms with Crippen LogP contribution >= 0.6 is 11.6 Å². The van der Waals surface area contributed by atoms with Crippen LogP contribution in [0.3, 0.4) is 0 Å². The number of hydrogen-bond donors (Lipinski definition) is 1. The van der Waals surface area contributed by atoms with Crippen molar-refractivity contribution in [2.24, 2.45) is 0 Å². The summed E-state index contributed by atoms with van der Waals surface area (Å²) in [5, 5.41) is 9.82. The van der Waals surface area contributed by atoms with E-state index in [9.17, 15) is 9.90 Å². The molecule has 5 heteroatoms. The van der Waals surface area contributed by atoms with Gasteiger partial charge in [0.05, 0.1) is 12.1 Å². The molecule has 2 rings (SSSR count). The molecule has 4 nitrogen and oxygen atoms in total. The zero-order valence-electron chi connectivity index (χ0n) is 12.4. The number of aryl methyl sites for hydroxylation is 1. The van der Waals surface area contributed by atoms with Crippen molar-refractivity contribution in [3.63, 3.8) is 0 Å². The molecule has 0 aliphatic carbocycles. The molecule has 22 heavy (non-hydrogen) atoms. The molecular weight excluding hydrogens is 304 g/mol. The van der Waals surface area contributed by atoms with E-state index in [-0.39, 0.29) is 6.42 Å². The molecule has 116 valence electrons. The number of carboxylic acids is 1. The van der Waals surface area contributed by atoms with Crippen LogP contribution < -0.4 is 9.47 Å². The lowest BCUT2D eigenvalue weighted by molar-refractivity contribution is -0.145. The van der Waals surface area contributed by atoms with Crippen molar-refractivity contribution in [3.8, 4) is 11.5 Å². The second-order valence-corrected chi connectivity index (χ2v) is 5.29. The normalized spacial score (nSPS) is 11.8. The SMILES string of the molecule is COc1ccc(C[C@H](Oc2ccccc2C)C(=O)O)cc1Cl. The molecule has 0 aromatic heterocycles. The van der Waals surface area contributed by atoms with Crippen LogP contribution in [-0.4, -0.2) is 24.3 Å². The minimum atomic E-state index is -1.02. The molecule has 1 atom stereocenters. The highest BCUT2D eigenvalue weighted by atomic mass is 35.5. The van der Waals surface area contributed by atoms with Gasteiger partial charge in [-0.15, -0.1) is 0 Å². The summed E-state index contributed by atoms with van der Waals surface area (Å²) in [6, 6.07) is 12.5. The molecule has 2 aromatic rings. The van der Waals surface area contributed by atoms with Crippen LogP contribution in [0.15, 0.2) is 42.5 Å². The van der Waals surface area contributed by atoms with Gasteiger partial charge in [0.2, 0.25) is 0 Å². The first kappa shape index (κ1) is 16.2. The van der Waals surface area contributed by atoms with Crippen molar-refractivity contribution in [1.29, 1.82) is 0 Å². The first-order valence-electron chi connectivity index (χ1n) is 6.78. The first-order valence-corrected chi connectivity index (χ1v) is 7.16. The molecule has 0 heterocycles. The van der Waals surface area contributed by atoms with Crippen molar-refractivity contribution >= 4 is 17.6 Å². The maximum absolute atomic E-state index is 11.4. The zero-order chi connectivity index (χ0) is 16.1. The topological polar surface area (TPSA) is 55.8 Å². The van der Waals surface area contributed by atoms with E-state index in [1.54, 1.807) is 24.3 Å². The molecule has 0 fully saturated rings. The Hall–Kier alpha value is -2.20. The Bertz CT molecular complexity index is 669. The number of methoxy groups -OCH3 is 1. The summed E-state index contributed by atoms with van der Waals surface area (Å²) in [7, 11) is 1.53. The predicted molar refractivity (Wildman–Crippen MR) is 84.9 cm³/mol. The van der Waals surface area contributed by atoms with Crippen LogP contribution in [0.2, 0.25) is 5.02 Å². The number of ether oxygens (including phenoxy) is 2. The molecule has 0 bridgehead atoms. The lowest BCUT2D eigenvalue weighted by Gasteiger charge is -2.17. The van der Waals surface area contributed by atoms with E-state index in [2.05, 4.69) is 0 Å². The standard InChI is InChI=1S/C17H17ClO4/c1-11-5-3-4-6-14(11)22-16(17(19)20)10-12-7-8-15(21-2)13(18)9-12/h3-9,16H,10H2,1-2H3,(H,19,20)/t16-/m0/s1. The van der Waals surface area contributed by atoms with Crippen LogP contribution in [0.5, 0.6) is 11.5 Å². The fraction of sp³-hybridized carbons (Fsp3) is 0.235. The second-order valence-electron chi connectivity index (χ2n) is 4.88. The molecule has 0 amide bonds. The van der Waals surface area contributed by atoms with Gasteiger partial charge in [0.25, 0.3) is 0 Å². The molecule has 0 unspecified atom stereocenters. The molecule has 0 saturated carbocycles. The highest BCUT2D eigenvalue weighted by molar-refractivity contribution is 6.32. The summed E-state index contributed by atoms with van der Waals surface area (Å²) >= 11 is 6.06. The van der Waals surface area contributed by atoms with Crippen LogP contribution in [0.25, 0.3) is 0 Å². The van der Waals surface area contributed by atoms with Crippen molar-refractivity contribution in [3.05, 3.63) is 58.6 Å². The minimum Gasteiger partial charge on any atom is -0.495 e. The average molecular weight is 321 g/mol. The molecule has 1 N–H and O–H groups in total. The molecule has 0 spiro atoms. The van der Waals surface area contributed by atoms with E-state index in [1.807, 2.05) is 25.1 Å². The third-order valence-electron chi connectivity index (χ3n) is 3.28. The predicted octanol–water partition coefficient (Wildman–Crippen LogP) is 3.73. The quantitative estimate of drug-likeness (QED) is 0.881. The number of carbonyl (C=O) groups is 1. The number of aliphatic carboxylic acids is 1. The maximum atomic E-state index is 11.4. The lowest BCUT2D eigenvalue weighted by Crippen LogP contribution is -2.29. The third-order valence-corrected chi connectivity index (χ3v) is 3.57. The fourth-order valence-electron chi connectivity index (χ4n) is 2.07. The largest absolute Gasteiger partial charge is 0.495 e. The first-order chi connectivity index (χ1) is 10.5. The van der Waals surface area contributed by atoms with Gasteiger partial charge < -0.3 is 14.6 Å². The summed E-state index contributed by atoms with van der Waals surface area (Å²) in [6.45, 7) is 1.87. The van der Waals surface area contributed by atoms with Gasteiger partial charge in [-0.3, -0.25) is 0 Å². The third kappa shape index (κ3) is 3.92. The van der Waals surface area contributed by atoms with Crippen molar-refractivity contribution in [1.82, 2.24) is 0 Å². The van der Waals surface area contributed by atoms with Gasteiger partial charge in [-0.25, -0.2) is 4.79 Å². The van der Waals surface area contributed by atoms with Gasteiger partial charge in [0, 0.05) is 6.42 Å². The Morgan fingerprint density at radius 1 is 1.23 bits per heavy atom. The highest BCUT2D eigenvalue weighted by Crippen LogP contribution is 2.26. The average Bonchev–Trinajstić information content (AvgIpc) is 2.49. The number of halogens is 1. The Kier molecular flexibility index (Phi) is 5.28. The van der Waals surface area contributed by atoms with E-state index in [1.165, 1.54) is 7.11 Å². The van der Waals surface area contributed by atoms with Gasteiger partial charge in [-0.05, 0) is 36.2 Å². The highest BCUT2D eigenvalue weighted by Gasteiger charge is 2.21.